The van der Waals surface area contributed by atoms with Gasteiger partial charge in [-0.1, -0.05) is 13.8 Å². The molecule has 0 saturated heterocycles. The number of aryl methyl sites for hydroxylation is 1. The lowest BCUT2D eigenvalue weighted by atomic mass is 9.90. The van der Waals surface area contributed by atoms with Gasteiger partial charge in [0, 0.05) is 13.6 Å². The van der Waals surface area contributed by atoms with Gasteiger partial charge in [0.2, 0.25) is 0 Å². The van der Waals surface area contributed by atoms with E-state index >= 15 is 0 Å². The molecule has 5 nitrogen and oxygen atoms in total. The zero-order valence-corrected chi connectivity index (χ0v) is 11.0. The molecule has 0 spiro atoms. The lowest BCUT2D eigenvalue weighted by Crippen LogP contribution is -2.52. The van der Waals surface area contributed by atoms with Gasteiger partial charge in [0.15, 0.2) is 0 Å². The third-order valence-electron chi connectivity index (χ3n) is 2.77. The van der Waals surface area contributed by atoms with E-state index in [2.05, 4.69) is 24.1 Å². The van der Waals surface area contributed by atoms with Gasteiger partial charge in [0.05, 0.1) is 18.1 Å². The molecule has 0 fully saturated rings. The van der Waals surface area contributed by atoms with Gasteiger partial charge in [-0.15, -0.1) is 0 Å². The molecule has 1 atom stereocenters. The summed E-state index contributed by atoms with van der Waals surface area (Å²) in [5.41, 5.74) is 5.94. The number of rotatable bonds is 5. The third kappa shape index (κ3) is 3.56. The van der Waals surface area contributed by atoms with Crippen molar-refractivity contribution >= 4 is 5.91 Å². The zero-order valence-electron chi connectivity index (χ0n) is 11.0. The van der Waals surface area contributed by atoms with Crippen LogP contribution in [0.4, 0.5) is 0 Å². The van der Waals surface area contributed by atoms with Crippen molar-refractivity contribution in [1.29, 1.82) is 0 Å². The molecular weight excluding hydrogens is 216 g/mol. The van der Waals surface area contributed by atoms with Gasteiger partial charge in [-0.25, -0.2) is 4.98 Å². The number of aromatic nitrogens is 2. The fourth-order valence-corrected chi connectivity index (χ4v) is 2.00. The van der Waals surface area contributed by atoms with Gasteiger partial charge in [-0.3, -0.25) is 4.79 Å². The van der Waals surface area contributed by atoms with E-state index in [9.17, 15) is 4.79 Å². The monoisotopic (exact) mass is 238 g/mol. The number of amides is 1. The lowest BCUT2D eigenvalue weighted by Gasteiger charge is -2.31. The smallest absolute Gasteiger partial charge is 0.270 e. The highest BCUT2D eigenvalue weighted by atomic mass is 16.2. The Morgan fingerprint density at radius 2 is 2.29 bits per heavy atom. The molecule has 0 radical (unpaired) electrons. The largest absolute Gasteiger partial charge is 0.344 e. The standard InChI is InChI=1S/C12H22N4O/c1-9(2)5-12(3,7-13)15-11(17)10-6-14-8-16(10)4/h6,8-9H,5,7,13H2,1-4H3,(H,15,17). The molecule has 1 aromatic heterocycles. The minimum absolute atomic E-state index is 0.126. The third-order valence-corrected chi connectivity index (χ3v) is 2.77. The van der Waals surface area contributed by atoms with E-state index in [0.29, 0.717) is 18.2 Å². The van der Waals surface area contributed by atoms with Gasteiger partial charge < -0.3 is 15.6 Å². The second kappa shape index (κ2) is 5.31. The van der Waals surface area contributed by atoms with Crippen LogP contribution in [0.3, 0.4) is 0 Å². The van der Waals surface area contributed by atoms with Gasteiger partial charge in [-0.2, -0.15) is 0 Å². The summed E-state index contributed by atoms with van der Waals surface area (Å²) in [7, 11) is 1.80. The van der Waals surface area contributed by atoms with E-state index in [1.165, 1.54) is 0 Å². The Labute approximate surface area is 102 Å². The normalized spacial score (nSPS) is 14.7. The molecule has 1 amide bonds. The first-order valence-electron chi connectivity index (χ1n) is 5.87. The lowest BCUT2D eigenvalue weighted by molar-refractivity contribution is 0.0890. The highest BCUT2D eigenvalue weighted by Crippen LogP contribution is 2.16. The number of imidazole rings is 1. The number of nitrogens with two attached hydrogens (primary N) is 1. The Kier molecular flexibility index (Phi) is 4.28. The van der Waals surface area contributed by atoms with Crippen molar-refractivity contribution in [2.75, 3.05) is 6.54 Å². The number of carbonyl (C=O) groups excluding carboxylic acids is 1. The fraction of sp³-hybridized carbons (Fsp3) is 0.667. The maximum Gasteiger partial charge on any atom is 0.270 e. The van der Waals surface area contributed by atoms with Crippen molar-refractivity contribution < 1.29 is 4.79 Å². The summed E-state index contributed by atoms with van der Waals surface area (Å²) < 4.78 is 1.70. The number of hydrogen-bond acceptors (Lipinski definition) is 3. The van der Waals surface area contributed by atoms with E-state index in [4.69, 9.17) is 5.73 Å². The summed E-state index contributed by atoms with van der Waals surface area (Å²) in [6, 6.07) is 0. The van der Waals surface area contributed by atoms with Gasteiger partial charge in [-0.05, 0) is 19.3 Å². The summed E-state index contributed by atoms with van der Waals surface area (Å²) in [6.07, 6.45) is 4.02. The van der Waals surface area contributed by atoms with Crippen molar-refractivity contribution in [2.45, 2.75) is 32.7 Å². The Hall–Kier alpha value is -1.36. The first kappa shape index (κ1) is 13.7. The van der Waals surface area contributed by atoms with Crippen LogP contribution >= 0.6 is 0 Å². The maximum atomic E-state index is 12.1. The van der Waals surface area contributed by atoms with Gasteiger partial charge in [0.25, 0.3) is 5.91 Å². The minimum Gasteiger partial charge on any atom is -0.344 e. The first-order chi connectivity index (χ1) is 7.88. The molecule has 3 N–H and O–H groups in total. The average molecular weight is 238 g/mol. The molecular formula is C12H22N4O. The average Bonchev–Trinajstić information content (AvgIpc) is 2.63. The molecule has 17 heavy (non-hydrogen) atoms. The van der Waals surface area contributed by atoms with Crippen LogP contribution in [0.1, 0.15) is 37.7 Å². The van der Waals surface area contributed by atoms with Gasteiger partial charge in [0.1, 0.15) is 5.69 Å². The molecule has 1 heterocycles. The highest BCUT2D eigenvalue weighted by Gasteiger charge is 2.27. The van der Waals surface area contributed by atoms with E-state index in [1.54, 1.807) is 24.1 Å². The van der Waals surface area contributed by atoms with Crippen LogP contribution in [0, 0.1) is 5.92 Å². The summed E-state index contributed by atoms with van der Waals surface area (Å²) in [5, 5.41) is 2.99. The summed E-state index contributed by atoms with van der Waals surface area (Å²) in [6.45, 7) is 6.63. The first-order valence-corrected chi connectivity index (χ1v) is 5.87. The number of nitrogens with zero attached hydrogens (tertiary/aromatic N) is 2. The molecule has 0 aromatic carbocycles. The number of nitrogens with one attached hydrogen (secondary N) is 1. The van der Waals surface area contributed by atoms with E-state index in [0.717, 1.165) is 6.42 Å². The minimum atomic E-state index is -0.366. The van der Waals surface area contributed by atoms with Crippen molar-refractivity contribution in [2.24, 2.45) is 18.7 Å². The van der Waals surface area contributed by atoms with Crippen molar-refractivity contribution in [1.82, 2.24) is 14.9 Å². The van der Waals surface area contributed by atoms with E-state index in [-0.39, 0.29) is 11.4 Å². The summed E-state index contributed by atoms with van der Waals surface area (Å²) in [5.74, 6) is 0.356. The number of hydrogen-bond donors (Lipinski definition) is 2. The van der Waals surface area contributed by atoms with Crippen LogP contribution in [-0.4, -0.2) is 27.5 Å². The maximum absolute atomic E-state index is 12.1. The molecule has 5 heteroatoms. The molecule has 0 aliphatic rings. The predicted molar refractivity (Wildman–Crippen MR) is 67.6 cm³/mol. The highest BCUT2D eigenvalue weighted by molar-refractivity contribution is 5.92. The van der Waals surface area contributed by atoms with Crippen LogP contribution < -0.4 is 11.1 Å². The van der Waals surface area contributed by atoms with Crippen molar-refractivity contribution in [3.05, 3.63) is 18.2 Å². The van der Waals surface area contributed by atoms with Crippen LogP contribution in [0.5, 0.6) is 0 Å². The quantitative estimate of drug-likeness (QED) is 0.801. The second-order valence-corrected chi connectivity index (χ2v) is 5.21. The summed E-state index contributed by atoms with van der Waals surface area (Å²) >= 11 is 0. The Balaban J connectivity index is 2.75. The Morgan fingerprint density at radius 3 is 2.71 bits per heavy atom. The molecule has 1 aromatic rings. The van der Waals surface area contributed by atoms with E-state index < -0.39 is 0 Å². The molecule has 96 valence electrons. The van der Waals surface area contributed by atoms with Crippen LogP contribution in [0.25, 0.3) is 0 Å². The molecule has 0 aliphatic heterocycles. The SMILES string of the molecule is CC(C)CC(C)(CN)NC(=O)c1cncn1C. The Bertz CT molecular complexity index is 386. The fourth-order valence-electron chi connectivity index (χ4n) is 2.00. The molecule has 1 rings (SSSR count). The van der Waals surface area contributed by atoms with E-state index in [1.807, 2.05) is 6.92 Å². The van der Waals surface area contributed by atoms with Crippen molar-refractivity contribution in [3.8, 4) is 0 Å². The topological polar surface area (TPSA) is 72.9 Å². The summed E-state index contributed by atoms with van der Waals surface area (Å²) in [4.78, 5) is 16.0. The zero-order chi connectivity index (χ0) is 13.1. The molecule has 0 saturated carbocycles. The number of carbonyl (C=O) groups is 1. The van der Waals surface area contributed by atoms with Crippen LogP contribution in [-0.2, 0) is 7.05 Å². The van der Waals surface area contributed by atoms with Gasteiger partial charge >= 0.3 is 0 Å². The van der Waals surface area contributed by atoms with Crippen LogP contribution in [0.15, 0.2) is 12.5 Å². The van der Waals surface area contributed by atoms with Crippen molar-refractivity contribution in [3.63, 3.8) is 0 Å². The predicted octanol–water partition coefficient (Wildman–Crippen LogP) is 0.913. The Morgan fingerprint density at radius 1 is 1.65 bits per heavy atom. The second-order valence-electron chi connectivity index (χ2n) is 5.21. The molecule has 0 aliphatic carbocycles. The molecule has 1 unspecified atom stereocenters. The molecule has 0 bridgehead atoms. The van der Waals surface area contributed by atoms with Crippen LogP contribution in [0.2, 0.25) is 0 Å².